The number of furan rings is 1. The molecule has 0 aliphatic heterocycles. The van der Waals surface area contributed by atoms with E-state index in [1.807, 2.05) is 32.0 Å². The summed E-state index contributed by atoms with van der Waals surface area (Å²) in [5.41, 5.74) is 1.47. The van der Waals surface area contributed by atoms with E-state index in [1.54, 1.807) is 19.1 Å². The first-order valence-corrected chi connectivity index (χ1v) is 8.43. The molecule has 0 aliphatic rings. The molecule has 8 nitrogen and oxygen atoms in total. The molecule has 0 atom stereocenters. The smallest absolute Gasteiger partial charge is 0.275 e. The van der Waals surface area contributed by atoms with Crippen LogP contribution in [0.5, 0.6) is 0 Å². The third-order valence-electron chi connectivity index (χ3n) is 4.30. The molecule has 136 valence electrons. The Labute approximate surface area is 153 Å². The molecule has 3 aromatic heterocycles. The van der Waals surface area contributed by atoms with Crippen molar-refractivity contribution in [2.45, 2.75) is 27.3 Å². The van der Waals surface area contributed by atoms with E-state index in [-0.39, 0.29) is 18.1 Å². The van der Waals surface area contributed by atoms with Crippen molar-refractivity contribution in [3.8, 4) is 0 Å². The summed E-state index contributed by atoms with van der Waals surface area (Å²) in [5.74, 6) is 0.402. The second-order valence-corrected chi connectivity index (χ2v) is 6.35. The molecule has 0 radical (unpaired) electrons. The van der Waals surface area contributed by atoms with E-state index in [0.717, 1.165) is 15.5 Å². The normalized spacial score (nSPS) is 11.2. The quantitative estimate of drug-likeness (QED) is 0.600. The van der Waals surface area contributed by atoms with Crippen LogP contribution in [0.3, 0.4) is 0 Å². The van der Waals surface area contributed by atoms with Crippen LogP contribution in [0.15, 0.2) is 39.5 Å². The number of rotatable bonds is 3. The Kier molecular flexibility index (Phi) is 3.95. The molecule has 1 N–H and O–H groups in total. The van der Waals surface area contributed by atoms with Crippen molar-refractivity contribution in [2.75, 3.05) is 5.32 Å². The van der Waals surface area contributed by atoms with Gasteiger partial charge in [-0.3, -0.25) is 14.9 Å². The van der Waals surface area contributed by atoms with Crippen LogP contribution in [-0.4, -0.2) is 25.7 Å². The fourth-order valence-corrected chi connectivity index (χ4v) is 3.05. The van der Waals surface area contributed by atoms with Crippen molar-refractivity contribution in [3.63, 3.8) is 0 Å². The van der Waals surface area contributed by atoms with E-state index >= 15 is 0 Å². The molecule has 0 unspecified atom stereocenters. The van der Waals surface area contributed by atoms with Crippen LogP contribution in [0.1, 0.15) is 17.1 Å². The number of hydrogen-bond donors (Lipinski definition) is 1. The van der Waals surface area contributed by atoms with Gasteiger partial charge in [-0.05, 0) is 32.9 Å². The van der Waals surface area contributed by atoms with Crippen molar-refractivity contribution in [1.29, 1.82) is 0 Å². The topological polar surface area (TPSA) is 103 Å². The summed E-state index contributed by atoms with van der Waals surface area (Å²) in [6.45, 7) is 5.20. The Balaban J connectivity index is 1.62. The van der Waals surface area contributed by atoms with Gasteiger partial charge in [-0.1, -0.05) is 18.2 Å². The molecular formula is C19H17N5O3. The van der Waals surface area contributed by atoms with Gasteiger partial charge in [0.25, 0.3) is 5.56 Å². The zero-order valence-corrected chi connectivity index (χ0v) is 15.1. The van der Waals surface area contributed by atoms with Gasteiger partial charge in [0.1, 0.15) is 12.3 Å². The largest absolute Gasteiger partial charge is 0.443 e. The first-order valence-electron chi connectivity index (χ1n) is 8.43. The summed E-state index contributed by atoms with van der Waals surface area (Å²) in [6, 6.07) is 9.03. The number of amides is 1. The molecule has 1 amide bonds. The minimum absolute atomic E-state index is 0.130. The van der Waals surface area contributed by atoms with Gasteiger partial charge in [-0.25, -0.2) is 9.67 Å². The highest BCUT2D eigenvalue weighted by atomic mass is 16.3. The molecule has 27 heavy (non-hydrogen) atoms. The van der Waals surface area contributed by atoms with E-state index in [9.17, 15) is 9.59 Å². The third kappa shape index (κ3) is 3.05. The predicted octanol–water partition coefficient (Wildman–Crippen LogP) is 2.50. The molecule has 0 saturated carbocycles. The zero-order chi connectivity index (χ0) is 19.1. The average Bonchev–Trinajstić information content (AvgIpc) is 3.00. The van der Waals surface area contributed by atoms with E-state index < -0.39 is 5.91 Å². The van der Waals surface area contributed by atoms with Gasteiger partial charge in [-0.2, -0.15) is 10.1 Å². The maximum atomic E-state index is 12.6. The van der Waals surface area contributed by atoms with Gasteiger partial charge in [0, 0.05) is 5.39 Å². The van der Waals surface area contributed by atoms with E-state index in [4.69, 9.17) is 4.42 Å². The molecule has 3 heterocycles. The maximum Gasteiger partial charge on any atom is 0.275 e. The van der Waals surface area contributed by atoms with Gasteiger partial charge in [-0.15, -0.1) is 0 Å². The molecule has 8 heteroatoms. The molecule has 4 rings (SSSR count). The van der Waals surface area contributed by atoms with Gasteiger partial charge in [0.2, 0.25) is 17.6 Å². The monoisotopic (exact) mass is 363 g/mol. The number of nitrogens with zero attached hydrogens (tertiary/aromatic N) is 4. The number of benzene rings is 1. The number of hydrogen-bond acceptors (Lipinski definition) is 6. The van der Waals surface area contributed by atoms with Gasteiger partial charge >= 0.3 is 0 Å². The fourth-order valence-electron chi connectivity index (χ4n) is 3.05. The molecule has 0 saturated heterocycles. The second-order valence-electron chi connectivity index (χ2n) is 6.35. The third-order valence-corrected chi connectivity index (χ3v) is 4.30. The van der Waals surface area contributed by atoms with E-state index in [2.05, 4.69) is 20.4 Å². The van der Waals surface area contributed by atoms with Crippen molar-refractivity contribution < 1.29 is 9.21 Å². The maximum absolute atomic E-state index is 12.6. The number of nitrogens with one attached hydrogen (secondary N) is 1. The van der Waals surface area contributed by atoms with Crippen molar-refractivity contribution >= 4 is 33.7 Å². The van der Waals surface area contributed by atoms with Crippen LogP contribution in [0, 0.1) is 20.8 Å². The number of aryl methyl sites for hydroxylation is 3. The van der Waals surface area contributed by atoms with E-state index in [0.29, 0.717) is 28.2 Å². The van der Waals surface area contributed by atoms with Crippen LogP contribution >= 0.6 is 0 Å². The van der Waals surface area contributed by atoms with Crippen LogP contribution in [0.4, 0.5) is 5.95 Å². The summed E-state index contributed by atoms with van der Waals surface area (Å²) in [4.78, 5) is 33.5. The van der Waals surface area contributed by atoms with Crippen LogP contribution in [0.2, 0.25) is 0 Å². The number of carbonyl (C=O) groups is 1. The van der Waals surface area contributed by atoms with Crippen LogP contribution in [-0.2, 0) is 11.3 Å². The molecule has 1 aromatic carbocycles. The Hall–Kier alpha value is -3.55. The minimum atomic E-state index is -0.443. The lowest BCUT2D eigenvalue weighted by Gasteiger charge is -2.09. The lowest BCUT2D eigenvalue weighted by molar-refractivity contribution is -0.117. The number of anilines is 1. The first-order chi connectivity index (χ1) is 12.9. The minimum Gasteiger partial charge on any atom is -0.443 e. The van der Waals surface area contributed by atoms with E-state index in [1.165, 1.54) is 0 Å². The summed E-state index contributed by atoms with van der Waals surface area (Å²) in [6.07, 6.45) is 0. The predicted molar refractivity (Wildman–Crippen MR) is 101 cm³/mol. The Morgan fingerprint density at radius 3 is 2.59 bits per heavy atom. The zero-order valence-electron chi connectivity index (χ0n) is 15.1. The first kappa shape index (κ1) is 16.9. The molecule has 0 aliphatic carbocycles. The summed E-state index contributed by atoms with van der Waals surface area (Å²) < 4.78 is 6.65. The van der Waals surface area contributed by atoms with Gasteiger partial charge in [0.05, 0.1) is 22.2 Å². The van der Waals surface area contributed by atoms with Gasteiger partial charge < -0.3 is 4.42 Å². The Morgan fingerprint density at radius 1 is 1.07 bits per heavy atom. The second kappa shape index (κ2) is 6.31. The Morgan fingerprint density at radius 2 is 1.81 bits per heavy atom. The standard InChI is InChI=1S/C19H17N5O3/c1-10-8-15-11(2)20-19(22-17(15)27-10)21-16(25)9-24-18(26)14-7-5-4-6-13(14)12(3)23-24/h4-8H,9H2,1-3H3,(H,20,21,22,25). The summed E-state index contributed by atoms with van der Waals surface area (Å²) in [7, 11) is 0. The van der Waals surface area contributed by atoms with Crippen LogP contribution < -0.4 is 10.9 Å². The van der Waals surface area contributed by atoms with Gasteiger partial charge in [0.15, 0.2) is 0 Å². The van der Waals surface area contributed by atoms with Crippen molar-refractivity contribution in [2.24, 2.45) is 0 Å². The molecule has 4 aromatic rings. The number of fused-ring (bicyclic) bond motifs is 2. The molecule has 0 fully saturated rings. The SMILES string of the molecule is Cc1cc2c(C)nc(NC(=O)Cn3nc(C)c4ccccc4c3=O)nc2o1. The highest BCUT2D eigenvalue weighted by Gasteiger charge is 2.14. The fraction of sp³-hybridized carbons (Fsp3) is 0.211. The lowest BCUT2D eigenvalue weighted by Crippen LogP contribution is -2.30. The van der Waals surface area contributed by atoms with Crippen LogP contribution in [0.25, 0.3) is 21.9 Å². The van der Waals surface area contributed by atoms with Crippen molar-refractivity contribution in [3.05, 3.63) is 57.8 Å². The highest BCUT2D eigenvalue weighted by molar-refractivity contribution is 5.90. The highest BCUT2D eigenvalue weighted by Crippen LogP contribution is 2.20. The molecular weight excluding hydrogens is 346 g/mol. The molecule has 0 spiro atoms. The summed E-state index contributed by atoms with van der Waals surface area (Å²) >= 11 is 0. The average molecular weight is 363 g/mol. The molecule has 0 bridgehead atoms. The number of carbonyl (C=O) groups excluding carboxylic acids is 1. The lowest BCUT2D eigenvalue weighted by atomic mass is 10.1. The number of aromatic nitrogens is 4. The van der Waals surface area contributed by atoms with Crippen molar-refractivity contribution in [1.82, 2.24) is 19.7 Å². The Bertz CT molecular complexity index is 1260. The summed E-state index contributed by atoms with van der Waals surface area (Å²) in [5, 5.41) is 8.94.